The summed E-state index contributed by atoms with van der Waals surface area (Å²) in [5, 5.41) is 6.31. The summed E-state index contributed by atoms with van der Waals surface area (Å²) in [4.78, 5) is 29.4. The number of amides is 1. The Morgan fingerprint density at radius 2 is 1.94 bits per heavy atom. The summed E-state index contributed by atoms with van der Waals surface area (Å²) in [7, 11) is 1.48. The number of carbonyl (C=O) groups is 1. The van der Waals surface area contributed by atoms with Crippen LogP contribution in [0.3, 0.4) is 0 Å². The van der Waals surface area contributed by atoms with Gasteiger partial charge in [0.05, 0.1) is 29.6 Å². The molecule has 0 aliphatic heterocycles. The molecule has 0 radical (unpaired) electrons. The first kappa shape index (κ1) is 25.8. The van der Waals surface area contributed by atoms with Gasteiger partial charge in [-0.25, -0.2) is 19.3 Å². The van der Waals surface area contributed by atoms with Crippen LogP contribution in [0.2, 0.25) is 0 Å². The lowest BCUT2D eigenvalue weighted by Gasteiger charge is -2.17. The fourth-order valence-electron chi connectivity index (χ4n) is 3.72. The van der Waals surface area contributed by atoms with Gasteiger partial charge in [-0.05, 0) is 18.6 Å². The molecule has 0 unspecified atom stereocenters. The fraction of sp³-hybridized carbons (Fsp3) is 0.240. The van der Waals surface area contributed by atoms with Crippen molar-refractivity contribution in [2.75, 3.05) is 25.5 Å². The first-order chi connectivity index (χ1) is 16.5. The predicted molar refractivity (Wildman–Crippen MR) is 139 cm³/mol. The molecule has 0 aliphatic rings. The molecule has 1 aromatic carbocycles. The van der Waals surface area contributed by atoms with E-state index in [1.165, 1.54) is 13.4 Å². The SMILES string of the molecule is CCOc1ccc(-c2cc(NC[C@@H](C)c3cccc4c(C(=O)NC)c(F)cnc34)ncn2)cn1.S. The van der Waals surface area contributed by atoms with Crippen molar-refractivity contribution in [3.8, 4) is 17.1 Å². The van der Waals surface area contributed by atoms with E-state index in [-0.39, 0.29) is 25.0 Å². The Kier molecular flexibility index (Phi) is 8.53. The number of anilines is 1. The molecule has 0 fully saturated rings. The minimum Gasteiger partial charge on any atom is -0.478 e. The zero-order chi connectivity index (χ0) is 24.1. The number of fused-ring (bicyclic) bond motifs is 1. The van der Waals surface area contributed by atoms with Crippen LogP contribution in [0.5, 0.6) is 5.88 Å². The van der Waals surface area contributed by atoms with Crippen molar-refractivity contribution in [2.24, 2.45) is 0 Å². The Bertz CT molecular complexity index is 1320. The van der Waals surface area contributed by atoms with E-state index in [9.17, 15) is 9.18 Å². The van der Waals surface area contributed by atoms with Crippen LogP contribution < -0.4 is 15.4 Å². The Labute approximate surface area is 209 Å². The van der Waals surface area contributed by atoms with Gasteiger partial charge in [-0.15, -0.1) is 0 Å². The summed E-state index contributed by atoms with van der Waals surface area (Å²) in [5.74, 6) is 0.105. The summed E-state index contributed by atoms with van der Waals surface area (Å²) in [6.45, 7) is 5.04. The van der Waals surface area contributed by atoms with Gasteiger partial charge in [0.2, 0.25) is 5.88 Å². The Hall–Kier alpha value is -3.79. The van der Waals surface area contributed by atoms with E-state index in [1.54, 1.807) is 18.3 Å². The summed E-state index contributed by atoms with van der Waals surface area (Å²) < 4.78 is 19.7. The minimum atomic E-state index is -0.646. The zero-order valence-electron chi connectivity index (χ0n) is 19.7. The van der Waals surface area contributed by atoms with Gasteiger partial charge >= 0.3 is 0 Å². The average molecular weight is 495 g/mol. The number of pyridine rings is 2. The van der Waals surface area contributed by atoms with Crippen molar-refractivity contribution in [1.29, 1.82) is 0 Å². The Morgan fingerprint density at radius 1 is 1.11 bits per heavy atom. The summed E-state index contributed by atoms with van der Waals surface area (Å²) in [5.41, 5.74) is 3.09. The number of benzene rings is 1. The fourth-order valence-corrected chi connectivity index (χ4v) is 3.72. The number of rotatable bonds is 8. The van der Waals surface area contributed by atoms with Crippen molar-refractivity contribution in [1.82, 2.24) is 25.3 Å². The van der Waals surface area contributed by atoms with Gasteiger partial charge in [0.15, 0.2) is 5.82 Å². The van der Waals surface area contributed by atoms with Gasteiger partial charge < -0.3 is 15.4 Å². The molecular formula is C25H27FN6O2S. The molecule has 0 aliphatic carbocycles. The summed E-state index contributed by atoms with van der Waals surface area (Å²) in [6, 6.07) is 11.0. The van der Waals surface area contributed by atoms with Crippen molar-refractivity contribution in [2.45, 2.75) is 19.8 Å². The van der Waals surface area contributed by atoms with Gasteiger partial charge in [-0.2, -0.15) is 13.5 Å². The molecule has 0 bridgehead atoms. The number of nitrogens with zero attached hydrogens (tertiary/aromatic N) is 4. The molecule has 4 aromatic rings. The Balaban J connectivity index is 0.00000342. The van der Waals surface area contributed by atoms with Gasteiger partial charge in [0, 0.05) is 48.8 Å². The highest BCUT2D eigenvalue weighted by Crippen LogP contribution is 2.28. The number of hydrogen-bond donors (Lipinski definition) is 2. The van der Waals surface area contributed by atoms with E-state index in [0.29, 0.717) is 35.8 Å². The van der Waals surface area contributed by atoms with Crippen molar-refractivity contribution >= 4 is 36.1 Å². The largest absolute Gasteiger partial charge is 0.478 e. The minimum absolute atomic E-state index is 0. The summed E-state index contributed by atoms with van der Waals surface area (Å²) >= 11 is 0. The molecule has 8 nitrogen and oxygen atoms in total. The maximum Gasteiger partial charge on any atom is 0.254 e. The average Bonchev–Trinajstić information content (AvgIpc) is 2.87. The van der Waals surface area contributed by atoms with Crippen LogP contribution in [-0.2, 0) is 0 Å². The maximum atomic E-state index is 14.3. The van der Waals surface area contributed by atoms with Gasteiger partial charge in [0.25, 0.3) is 5.91 Å². The topological polar surface area (TPSA) is 102 Å². The second kappa shape index (κ2) is 11.6. The third-order valence-electron chi connectivity index (χ3n) is 5.45. The van der Waals surface area contributed by atoms with Gasteiger partial charge in [-0.3, -0.25) is 9.78 Å². The van der Waals surface area contributed by atoms with Gasteiger partial charge in [-0.1, -0.05) is 25.1 Å². The lowest BCUT2D eigenvalue weighted by atomic mass is 9.96. The number of aromatic nitrogens is 4. The monoisotopic (exact) mass is 494 g/mol. The number of ether oxygens (including phenoxy) is 1. The van der Waals surface area contributed by atoms with Crippen LogP contribution in [0.4, 0.5) is 10.2 Å². The first-order valence-electron chi connectivity index (χ1n) is 11.0. The molecule has 0 saturated carbocycles. The second-order valence-electron chi connectivity index (χ2n) is 7.69. The second-order valence-corrected chi connectivity index (χ2v) is 7.69. The van der Waals surface area contributed by atoms with Crippen LogP contribution in [-0.4, -0.2) is 46.0 Å². The molecule has 3 heterocycles. The molecule has 3 aromatic heterocycles. The highest BCUT2D eigenvalue weighted by Gasteiger charge is 2.19. The van der Waals surface area contributed by atoms with E-state index in [4.69, 9.17) is 4.74 Å². The first-order valence-corrected chi connectivity index (χ1v) is 11.0. The van der Waals surface area contributed by atoms with E-state index < -0.39 is 11.7 Å². The van der Waals surface area contributed by atoms with Gasteiger partial charge in [0.1, 0.15) is 12.1 Å². The molecule has 1 atom stereocenters. The number of carbonyl (C=O) groups excluding carboxylic acids is 1. The smallest absolute Gasteiger partial charge is 0.254 e. The normalized spacial score (nSPS) is 11.4. The van der Waals surface area contributed by atoms with Crippen LogP contribution in [0.1, 0.15) is 35.7 Å². The maximum absolute atomic E-state index is 14.3. The molecule has 182 valence electrons. The van der Waals surface area contributed by atoms with Crippen LogP contribution in [0, 0.1) is 5.82 Å². The van der Waals surface area contributed by atoms with E-state index in [0.717, 1.165) is 23.0 Å². The van der Waals surface area contributed by atoms with Crippen LogP contribution >= 0.6 is 13.5 Å². The lowest BCUT2D eigenvalue weighted by molar-refractivity contribution is 0.0960. The third kappa shape index (κ3) is 5.65. The molecular weight excluding hydrogens is 467 g/mol. The number of nitrogens with one attached hydrogen (secondary N) is 2. The molecule has 35 heavy (non-hydrogen) atoms. The van der Waals surface area contributed by atoms with Crippen molar-refractivity contribution in [3.05, 3.63) is 72.1 Å². The van der Waals surface area contributed by atoms with E-state index in [1.807, 2.05) is 38.1 Å². The highest BCUT2D eigenvalue weighted by molar-refractivity contribution is 7.59. The quantitative estimate of drug-likeness (QED) is 0.376. The van der Waals surface area contributed by atoms with Crippen LogP contribution in [0.25, 0.3) is 22.2 Å². The standard InChI is InChI=1S/C25H25FN6O2.H2S/c1-4-34-22-9-8-16(12-29-22)20-10-21(32-14-31-20)28-11-15(2)17-6-5-7-18-23(25(33)27-3)19(26)13-30-24(17)18;/h5-10,12-15H,4,11H2,1-3H3,(H,27,33)(H,28,31,32);1H2/t15-;/m1./s1. The lowest BCUT2D eigenvalue weighted by Crippen LogP contribution is -2.20. The zero-order valence-corrected chi connectivity index (χ0v) is 20.7. The summed E-state index contributed by atoms with van der Waals surface area (Å²) in [6.07, 6.45) is 4.31. The third-order valence-corrected chi connectivity index (χ3v) is 5.45. The molecule has 10 heteroatoms. The molecule has 0 saturated heterocycles. The van der Waals surface area contributed by atoms with E-state index >= 15 is 0 Å². The van der Waals surface area contributed by atoms with Crippen molar-refractivity contribution < 1.29 is 13.9 Å². The van der Waals surface area contributed by atoms with E-state index in [2.05, 4.69) is 30.6 Å². The number of halogens is 1. The molecule has 0 spiro atoms. The number of hydrogen-bond acceptors (Lipinski definition) is 7. The Morgan fingerprint density at radius 3 is 2.66 bits per heavy atom. The van der Waals surface area contributed by atoms with Crippen molar-refractivity contribution in [3.63, 3.8) is 0 Å². The van der Waals surface area contributed by atoms with Crippen LogP contribution in [0.15, 0.2) is 55.1 Å². The predicted octanol–water partition coefficient (Wildman–Crippen LogP) is 4.31. The highest BCUT2D eigenvalue weighted by atomic mass is 32.1. The molecule has 2 N–H and O–H groups in total. The number of para-hydroxylation sites is 1. The molecule has 4 rings (SSSR count). The molecule has 1 amide bonds.